The maximum Gasteiger partial charge on any atom is 0.227 e. The third kappa shape index (κ3) is 4.90. The molecule has 0 bridgehead atoms. The minimum atomic E-state index is -0.137. The maximum atomic E-state index is 13.4. The summed E-state index contributed by atoms with van der Waals surface area (Å²) in [5.74, 6) is 0.0647. The second kappa shape index (κ2) is 9.99. The Morgan fingerprint density at radius 2 is 1.71 bits per heavy atom. The van der Waals surface area contributed by atoms with Gasteiger partial charge in [-0.25, -0.2) is 4.68 Å². The lowest BCUT2D eigenvalue weighted by Crippen LogP contribution is -2.34. The molecule has 1 aliphatic heterocycles. The van der Waals surface area contributed by atoms with Crippen LogP contribution in [-0.2, 0) is 27.5 Å². The largest absolute Gasteiger partial charge is 0.356 e. The molecule has 2 aromatic carbocycles. The molecule has 176 valence electrons. The van der Waals surface area contributed by atoms with Gasteiger partial charge in [-0.15, -0.1) is 5.10 Å². The van der Waals surface area contributed by atoms with Gasteiger partial charge in [-0.05, 0) is 24.5 Å². The Bertz CT molecular complexity index is 1230. The molecule has 8 heteroatoms. The molecule has 4 rings (SSSR count). The number of ketones is 1. The molecule has 0 atom stereocenters. The fourth-order valence-electron chi connectivity index (χ4n) is 4.12. The highest BCUT2D eigenvalue weighted by atomic mass is 16.2. The van der Waals surface area contributed by atoms with Crippen LogP contribution in [0.4, 0.5) is 5.69 Å². The number of para-hydroxylation sites is 1. The molecular weight excluding hydrogens is 430 g/mol. The van der Waals surface area contributed by atoms with Crippen molar-refractivity contribution < 1.29 is 14.4 Å². The molecule has 34 heavy (non-hydrogen) atoms. The number of Topliss-reactive ketones (excluding diaryl/α,β-unsaturated/α-hetero) is 1. The molecule has 2 heterocycles. The molecule has 2 amide bonds. The van der Waals surface area contributed by atoms with Crippen LogP contribution >= 0.6 is 0 Å². The zero-order chi connectivity index (χ0) is 24.2. The van der Waals surface area contributed by atoms with Crippen molar-refractivity contribution in [3.05, 3.63) is 54.1 Å². The summed E-state index contributed by atoms with van der Waals surface area (Å²) in [6.07, 6.45) is 0.232. The van der Waals surface area contributed by atoms with Crippen LogP contribution < -0.4 is 10.2 Å². The molecule has 0 saturated carbocycles. The molecule has 0 spiro atoms. The van der Waals surface area contributed by atoms with Crippen molar-refractivity contribution in [2.75, 3.05) is 11.4 Å². The number of hydrogen-bond acceptors (Lipinski definition) is 5. The zero-order valence-corrected chi connectivity index (χ0v) is 19.7. The van der Waals surface area contributed by atoms with Crippen LogP contribution in [0, 0.1) is 5.92 Å². The van der Waals surface area contributed by atoms with Crippen molar-refractivity contribution in [2.45, 2.75) is 46.7 Å². The molecule has 1 aliphatic rings. The van der Waals surface area contributed by atoms with Crippen molar-refractivity contribution in [1.82, 2.24) is 20.3 Å². The van der Waals surface area contributed by atoms with Crippen LogP contribution in [0.15, 0.2) is 48.5 Å². The number of nitrogens with zero attached hydrogens (tertiary/aromatic N) is 4. The van der Waals surface area contributed by atoms with Crippen molar-refractivity contribution in [1.29, 1.82) is 0 Å². The second-order valence-electron chi connectivity index (χ2n) is 9.00. The number of fused-ring (bicyclic) bond motifs is 5. The first-order chi connectivity index (χ1) is 16.3. The van der Waals surface area contributed by atoms with Gasteiger partial charge in [-0.1, -0.05) is 61.5 Å². The van der Waals surface area contributed by atoms with E-state index in [1.807, 2.05) is 62.4 Å². The van der Waals surface area contributed by atoms with E-state index >= 15 is 0 Å². The van der Waals surface area contributed by atoms with E-state index < -0.39 is 0 Å². The van der Waals surface area contributed by atoms with E-state index in [4.69, 9.17) is 0 Å². The number of hydrogen-bond donors (Lipinski definition) is 1. The topological polar surface area (TPSA) is 97.2 Å². The van der Waals surface area contributed by atoms with Crippen molar-refractivity contribution in [3.63, 3.8) is 0 Å². The summed E-state index contributed by atoms with van der Waals surface area (Å²) >= 11 is 0. The summed E-state index contributed by atoms with van der Waals surface area (Å²) in [5.41, 5.74) is 4.66. The first kappa shape index (κ1) is 23.4. The number of rotatable bonds is 7. The molecule has 0 fully saturated rings. The van der Waals surface area contributed by atoms with E-state index in [2.05, 4.69) is 15.6 Å². The Hall–Kier alpha value is -3.81. The standard InChI is InChI=1S/C26H29N5O3/c1-17(2)14-27-23(33)12-13-24(34)30-16-19-8-4-5-9-20(19)26-25(21-10-6-7-11-22(21)30)28-29-31(26)15-18(3)32/h4-11,17H,12-16H2,1-3H3,(H,27,33). The summed E-state index contributed by atoms with van der Waals surface area (Å²) in [7, 11) is 0. The quantitative estimate of drug-likeness (QED) is 0.582. The minimum absolute atomic E-state index is 0.0203. The summed E-state index contributed by atoms with van der Waals surface area (Å²) in [6.45, 7) is 6.62. The molecular formula is C26H29N5O3. The van der Waals surface area contributed by atoms with E-state index in [0.29, 0.717) is 30.4 Å². The van der Waals surface area contributed by atoms with Gasteiger partial charge in [0.2, 0.25) is 11.8 Å². The predicted octanol–water partition coefficient (Wildman–Crippen LogP) is 3.60. The summed E-state index contributed by atoms with van der Waals surface area (Å²) < 4.78 is 1.63. The van der Waals surface area contributed by atoms with Gasteiger partial charge in [0.25, 0.3) is 0 Å². The lowest BCUT2D eigenvalue weighted by molar-refractivity contribution is -0.125. The third-order valence-corrected chi connectivity index (χ3v) is 5.73. The fraction of sp³-hybridized carbons (Fsp3) is 0.346. The zero-order valence-electron chi connectivity index (χ0n) is 19.7. The first-order valence-corrected chi connectivity index (χ1v) is 11.5. The Kier molecular flexibility index (Phi) is 6.86. The van der Waals surface area contributed by atoms with Crippen molar-refractivity contribution in [2.24, 2.45) is 5.92 Å². The average molecular weight is 460 g/mol. The number of carbonyl (C=O) groups is 3. The molecule has 0 saturated heterocycles. The van der Waals surface area contributed by atoms with Gasteiger partial charge in [-0.2, -0.15) is 0 Å². The highest BCUT2D eigenvalue weighted by molar-refractivity contribution is 6.01. The Balaban J connectivity index is 1.73. The lowest BCUT2D eigenvalue weighted by atomic mass is 9.95. The van der Waals surface area contributed by atoms with Crippen LogP contribution in [0.1, 0.15) is 39.2 Å². The molecule has 3 aromatic rings. The number of aromatic nitrogens is 3. The van der Waals surface area contributed by atoms with Gasteiger partial charge in [0, 0.05) is 30.5 Å². The molecule has 0 unspecified atom stereocenters. The number of benzene rings is 2. The van der Waals surface area contributed by atoms with Gasteiger partial charge in [0.05, 0.1) is 17.9 Å². The van der Waals surface area contributed by atoms with Gasteiger partial charge >= 0.3 is 0 Å². The fourth-order valence-corrected chi connectivity index (χ4v) is 4.12. The smallest absolute Gasteiger partial charge is 0.227 e. The second-order valence-corrected chi connectivity index (χ2v) is 9.00. The van der Waals surface area contributed by atoms with Gasteiger partial charge in [-0.3, -0.25) is 14.4 Å². The van der Waals surface area contributed by atoms with E-state index in [1.165, 1.54) is 6.92 Å². The molecule has 0 aliphatic carbocycles. The summed E-state index contributed by atoms with van der Waals surface area (Å²) in [5, 5.41) is 11.6. The highest BCUT2D eigenvalue weighted by Gasteiger charge is 2.29. The normalized spacial score (nSPS) is 12.3. The molecule has 1 aromatic heterocycles. The third-order valence-electron chi connectivity index (χ3n) is 5.73. The van der Waals surface area contributed by atoms with Crippen LogP contribution in [-0.4, -0.2) is 39.1 Å². The summed E-state index contributed by atoms with van der Waals surface area (Å²) in [4.78, 5) is 39.2. The van der Waals surface area contributed by atoms with Gasteiger partial charge < -0.3 is 10.2 Å². The van der Waals surface area contributed by atoms with Crippen LogP contribution in [0.3, 0.4) is 0 Å². The maximum absolute atomic E-state index is 13.4. The molecule has 0 radical (unpaired) electrons. The predicted molar refractivity (Wildman–Crippen MR) is 130 cm³/mol. The number of anilines is 1. The van der Waals surface area contributed by atoms with E-state index in [1.54, 1.807) is 9.58 Å². The number of carbonyl (C=O) groups excluding carboxylic acids is 3. The van der Waals surface area contributed by atoms with Gasteiger partial charge in [0.15, 0.2) is 5.78 Å². The Morgan fingerprint density at radius 1 is 1.00 bits per heavy atom. The van der Waals surface area contributed by atoms with Crippen LogP contribution in [0.5, 0.6) is 0 Å². The van der Waals surface area contributed by atoms with Crippen molar-refractivity contribution in [3.8, 4) is 22.5 Å². The highest BCUT2D eigenvalue weighted by Crippen LogP contribution is 2.41. The average Bonchev–Trinajstić information content (AvgIpc) is 3.20. The first-order valence-electron chi connectivity index (χ1n) is 11.5. The van der Waals surface area contributed by atoms with Gasteiger partial charge in [0.1, 0.15) is 12.2 Å². The van der Waals surface area contributed by atoms with Crippen molar-refractivity contribution >= 4 is 23.3 Å². The monoisotopic (exact) mass is 459 g/mol. The molecule has 1 N–H and O–H groups in total. The van der Waals surface area contributed by atoms with E-state index in [-0.39, 0.29) is 37.0 Å². The number of nitrogens with one attached hydrogen (secondary N) is 1. The SMILES string of the molecule is CC(=O)Cn1nnc2c1-c1ccccc1CN(C(=O)CCC(=O)NCC(C)C)c1ccccc1-2. The van der Waals surface area contributed by atoms with E-state index in [0.717, 1.165) is 22.4 Å². The molecule has 8 nitrogen and oxygen atoms in total. The Labute approximate surface area is 199 Å². The Morgan fingerprint density at radius 3 is 2.44 bits per heavy atom. The van der Waals surface area contributed by atoms with Crippen LogP contribution in [0.25, 0.3) is 22.5 Å². The minimum Gasteiger partial charge on any atom is -0.356 e. The number of amides is 2. The lowest BCUT2D eigenvalue weighted by Gasteiger charge is -2.28. The summed E-state index contributed by atoms with van der Waals surface area (Å²) in [6, 6.07) is 15.3. The van der Waals surface area contributed by atoms with Crippen LogP contribution in [0.2, 0.25) is 0 Å². The van der Waals surface area contributed by atoms with E-state index in [9.17, 15) is 14.4 Å².